The molecular weight excluding hydrogens is 254 g/mol. The molecule has 2 aromatic rings. The summed E-state index contributed by atoms with van der Waals surface area (Å²) in [7, 11) is 0. The number of furan rings is 1. The molecule has 1 unspecified atom stereocenters. The van der Waals surface area contributed by atoms with Crippen molar-refractivity contribution in [2.45, 2.75) is 25.8 Å². The number of benzene rings is 1. The van der Waals surface area contributed by atoms with Crippen LogP contribution in [0, 0.1) is 0 Å². The normalized spacial score (nSPS) is 12.1. The lowest BCUT2D eigenvalue weighted by atomic mass is 10.1. The fourth-order valence-corrected chi connectivity index (χ4v) is 2.09. The Morgan fingerprint density at radius 2 is 2.05 bits per heavy atom. The van der Waals surface area contributed by atoms with Crippen LogP contribution in [0.15, 0.2) is 47.1 Å². The first kappa shape index (κ1) is 14.3. The van der Waals surface area contributed by atoms with Gasteiger partial charge in [0.15, 0.2) is 5.76 Å². The fourth-order valence-electron chi connectivity index (χ4n) is 2.09. The lowest BCUT2D eigenvalue weighted by Gasteiger charge is -2.12. The van der Waals surface area contributed by atoms with Gasteiger partial charge in [0.05, 0.1) is 6.26 Å². The molecule has 0 aliphatic carbocycles. The molecule has 106 valence electrons. The third-order valence-electron chi connectivity index (χ3n) is 3.13. The summed E-state index contributed by atoms with van der Waals surface area (Å²) in [6.45, 7) is 2.05. The van der Waals surface area contributed by atoms with Gasteiger partial charge in [0.2, 0.25) is 0 Å². The van der Waals surface area contributed by atoms with Gasteiger partial charge in [0.1, 0.15) is 0 Å². The molecule has 0 spiro atoms. The molecule has 0 saturated heterocycles. The number of aliphatic hydroxyl groups excluding tert-OH is 1. The van der Waals surface area contributed by atoms with E-state index in [0.29, 0.717) is 12.2 Å². The van der Waals surface area contributed by atoms with Crippen LogP contribution in [-0.2, 0) is 0 Å². The molecule has 1 aromatic heterocycles. The molecule has 2 N–H and O–H groups in total. The first-order valence-corrected chi connectivity index (χ1v) is 6.77. The molecule has 20 heavy (non-hydrogen) atoms. The van der Waals surface area contributed by atoms with Crippen molar-refractivity contribution in [3.63, 3.8) is 0 Å². The van der Waals surface area contributed by atoms with E-state index < -0.39 is 0 Å². The van der Waals surface area contributed by atoms with E-state index in [1.165, 1.54) is 6.26 Å². The second-order valence-electron chi connectivity index (χ2n) is 4.77. The monoisotopic (exact) mass is 273 g/mol. The number of aliphatic hydroxyl groups is 1. The third kappa shape index (κ3) is 3.48. The predicted octanol–water partition coefficient (Wildman–Crippen LogP) is 2.84. The highest BCUT2D eigenvalue weighted by atomic mass is 16.3. The largest absolute Gasteiger partial charge is 0.459 e. The van der Waals surface area contributed by atoms with Gasteiger partial charge in [0.25, 0.3) is 5.91 Å². The smallest absolute Gasteiger partial charge is 0.287 e. The van der Waals surface area contributed by atoms with Gasteiger partial charge in [0, 0.05) is 18.2 Å². The standard InChI is InChI=1S/C16H19NO3/c1-12(6-5-10-18)17-16(19)15-14(9-11-20-15)13-7-3-2-4-8-13/h2-4,7-9,11-12,18H,5-6,10H2,1H3,(H,17,19). The van der Waals surface area contributed by atoms with Crippen LogP contribution in [-0.4, -0.2) is 23.7 Å². The van der Waals surface area contributed by atoms with Gasteiger partial charge in [-0.1, -0.05) is 30.3 Å². The Labute approximate surface area is 118 Å². The second-order valence-corrected chi connectivity index (χ2v) is 4.77. The van der Waals surface area contributed by atoms with E-state index in [4.69, 9.17) is 9.52 Å². The zero-order valence-electron chi connectivity index (χ0n) is 11.5. The van der Waals surface area contributed by atoms with Gasteiger partial charge in [-0.25, -0.2) is 0 Å². The van der Waals surface area contributed by atoms with E-state index >= 15 is 0 Å². The molecule has 0 saturated carbocycles. The lowest BCUT2D eigenvalue weighted by molar-refractivity contribution is 0.0909. The Morgan fingerprint density at radius 3 is 2.75 bits per heavy atom. The average molecular weight is 273 g/mol. The summed E-state index contributed by atoms with van der Waals surface area (Å²) in [6.07, 6.45) is 2.93. The van der Waals surface area contributed by atoms with Crippen LogP contribution in [0.1, 0.15) is 30.3 Å². The van der Waals surface area contributed by atoms with Crippen LogP contribution in [0.3, 0.4) is 0 Å². The molecule has 0 aliphatic rings. The molecule has 1 atom stereocenters. The Bertz CT molecular complexity index is 548. The summed E-state index contributed by atoms with van der Waals surface area (Å²) in [5.74, 6) is 0.103. The number of amides is 1. The SMILES string of the molecule is CC(CCCO)NC(=O)c1occc1-c1ccccc1. The lowest BCUT2D eigenvalue weighted by Crippen LogP contribution is -2.32. The molecule has 1 aromatic carbocycles. The first-order chi connectivity index (χ1) is 9.72. The number of hydrogen-bond donors (Lipinski definition) is 2. The van der Waals surface area contributed by atoms with Crippen molar-refractivity contribution in [2.24, 2.45) is 0 Å². The summed E-state index contributed by atoms with van der Waals surface area (Å²) >= 11 is 0. The molecule has 0 aliphatic heterocycles. The van der Waals surface area contributed by atoms with Crippen molar-refractivity contribution in [1.29, 1.82) is 0 Å². The van der Waals surface area contributed by atoms with Crippen LogP contribution < -0.4 is 5.32 Å². The molecule has 4 heteroatoms. The highest BCUT2D eigenvalue weighted by molar-refractivity contribution is 5.98. The third-order valence-corrected chi connectivity index (χ3v) is 3.13. The first-order valence-electron chi connectivity index (χ1n) is 6.77. The van der Waals surface area contributed by atoms with Crippen molar-refractivity contribution in [3.05, 3.63) is 48.4 Å². The minimum atomic E-state index is -0.223. The predicted molar refractivity (Wildman–Crippen MR) is 77.4 cm³/mol. The summed E-state index contributed by atoms with van der Waals surface area (Å²) in [4.78, 5) is 12.2. The van der Waals surface area contributed by atoms with Crippen LogP contribution >= 0.6 is 0 Å². The Morgan fingerprint density at radius 1 is 1.30 bits per heavy atom. The summed E-state index contributed by atoms with van der Waals surface area (Å²) in [6, 6.07) is 11.5. The number of hydrogen-bond acceptors (Lipinski definition) is 3. The number of rotatable bonds is 6. The summed E-state index contributed by atoms with van der Waals surface area (Å²) < 4.78 is 5.32. The van der Waals surface area contributed by atoms with E-state index in [-0.39, 0.29) is 18.6 Å². The Kier molecular flexibility index (Phi) is 4.96. The maximum absolute atomic E-state index is 12.2. The molecule has 2 rings (SSSR count). The van der Waals surface area contributed by atoms with Crippen molar-refractivity contribution in [2.75, 3.05) is 6.61 Å². The maximum atomic E-state index is 12.2. The molecular formula is C16H19NO3. The Balaban J connectivity index is 2.10. The van der Waals surface area contributed by atoms with Crippen molar-refractivity contribution in [3.8, 4) is 11.1 Å². The minimum Gasteiger partial charge on any atom is -0.459 e. The average Bonchev–Trinajstić information content (AvgIpc) is 2.95. The summed E-state index contributed by atoms with van der Waals surface area (Å²) in [5, 5.41) is 11.7. The van der Waals surface area contributed by atoms with Gasteiger partial charge in [-0.05, 0) is 31.4 Å². The topological polar surface area (TPSA) is 62.5 Å². The van der Waals surface area contributed by atoms with E-state index in [2.05, 4.69) is 5.32 Å². The molecule has 4 nitrogen and oxygen atoms in total. The van der Waals surface area contributed by atoms with Crippen LogP contribution in [0.5, 0.6) is 0 Å². The summed E-state index contributed by atoms with van der Waals surface area (Å²) in [5.41, 5.74) is 1.74. The van der Waals surface area contributed by atoms with Crippen molar-refractivity contribution in [1.82, 2.24) is 5.32 Å². The zero-order valence-corrected chi connectivity index (χ0v) is 11.5. The van der Waals surface area contributed by atoms with Gasteiger partial charge in [-0.15, -0.1) is 0 Å². The number of nitrogens with one attached hydrogen (secondary N) is 1. The van der Waals surface area contributed by atoms with Gasteiger partial charge >= 0.3 is 0 Å². The quantitative estimate of drug-likeness (QED) is 0.850. The van der Waals surface area contributed by atoms with Crippen molar-refractivity contribution >= 4 is 5.91 Å². The number of carbonyl (C=O) groups is 1. The van der Waals surface area contributed by atoms with E-state index in [9.17, 15) is 4.79 Å². The fraction of sp³-hybridized carbons (Fsp3) is 0.312. The maximum Gasteiger partial charge on any atom is 0.287 e. The van der Waals surface area contributed by atoms with Gasteiger partial charge in [-0.3, -0.25) is 4.79 Å². The molecule has 0 fully saturated rings. The highest BCUT2D eigenvalue weighted by Crippen LogP contribution is 2.24. The van der Waals surface area contributed by atoms with Crippen molar-refractivity contribution < 1.29 is 14.3 Å². The zero-order chi connectivity index (χ0) is 14.4. The van der Waals surface area contributed by atoms with E-state index in [0.717, 1.165) is 17.5 Å². The van der Waals surface area contributed by atoms with Gasteiger partial charge < -0.3 is 14.8 Å². The van der Waals surface area contributed by atoms with Crippen LogP contribution in [0.25, 0.3) is 11.1 Å². The van der Waals surface area contributed by atoms with Gasteiger partial charge in [-0.2, -0.15) is 0 Å². The van der Waals surface area contributed by atoms with E-state index in [1.54, 1.807) is 6.07 Å². The number of carbonyl (C=O) groups excluding carboxylic acids is 1. The highest BCUT2D eigenvalue weighted by Gasteiger charge is 2.18. The minimum absolute atomic E-state index is 0.00312. The van der Waals surface area contributed by atoms with E-state index in [1.807, 2.05) is 37.3 Å². The second kappa shape index (κ2) is 6.91. The Hall–Kier alpha value is -2.07. The molecule has 1 heterocycles. The molecule has 1 amide bonds. The molecule has 0 bridgehead atoms. The van der Waals surface area contributed by atoms with Crippen LogP contribution in [0.2, 0.25) is 0 Å². The molecule has 0 radical (unpaired) electrons. The van der Waals surface area contributed by atoms with Crippen LogP contribution in [0.4, 0.5) is 0 Å².